The molecular weight excluding hydrogens is 224 g/mol. The molecule has 3 aliphatic rings. The van der Waals surface area contributed by atoms with E-state index in [9.17, 15) is 0 Å². The van der Waals surface area contributed by atoms with Crippen molar-refractivity contribution in [2.75, 3.05) is 13.2 Å². The molecule has 0 aromatic carbocycles. The second-order valence-electron chi connectivity index (χ2n) is 6.42. The van der Waals surface area contributed by atoms with Crippen LogP contribution in [0.5, 0.6) is 0 Å². The van der Waals surface area contributed by atoms with E-state index >= 15 is 0 Å². The van der Waals surface area contributed by atoms with Crippen molar-refractivity contribution >= 4 is 0 Å². The normalized spacial score (nSPS) is 38.9. The topological polar surface area (TPSA) is 45.0 Å². The van der Waals surface area contributed by atoms with Gasteiger partial charge in [-0.1, -0.05) is 6.42 Å². The van der Waals surface area contributed by atoms with Gasteiger partial charge >= 0.3 is 0 Å². The van der Waals surface area contributed by atoms with Crippen molar-refractivity contribution in [3.05, 3.63) is 0 Å². The number of rotatable bonds is 2. The summed E-state index contributed by atoms with van der Waals surface area (Å²) in [5, 5.41) is 12.9. The van der Waals surface area contributed by atoms with E-state index in [4.69, 9.17) is 10.00 Å². The molecule has 3 rings (SSSR count). The van der Waals surface area contributed by atoms with E-state index in [1.807, 2.05) is 0 Å². The van der Waals surface area contributed by atoms with E-state index in [0.29, 0.717) is 23.4 Å². The van der Waals surface area contributed by atoms with Crippen LogP contribution in [-0.2, 0) is 4.74 Å². The fraction of sp³-hybridized carbons (Fsp3) is 0.933. The monoisotopic (exact) mass is 248 g/mol. The number of hydrogen-bond donors (Lipinski definition) is 1. The molecule has 0 aromatic heterocycles. The Morgan fingerprint density at radius 2 is 1.94 bits per heavy atom. The smallest absolute Gasteiger partial charge is 0.0656 e. The first-order valence-corrected chi connectivity index (χ1v) is 7.56. The van der Waals surface area contributed by atoms with Gasteiger partial charge < -0.3 is 10.1 Å². The minimum absolute atomic E-state index is 0.301. The third-order valence-electron chi connectivity index (χ3n) is 5.45. The highest BCUT2D eigenvalue weighted by molar-refractivity contribution is 5.01. The first kappa shape index (κ1) is 12.4. The molecule has 2 saturated carbocycles. The highest BCUT2D eigenvalue weighted by atomic mass is 16.5. The Bertz CT molecular complexity index is 330. The van der Waals surface area contributed by atoms with Crippen molar-refractivity contribution in [3.63, 3.8) is 0 Å². The van der Waals surface area contributed by atoms with E-state index in [2.05, 4.69) is 11.4 Å². The summed E-state index contributed by atoms with van der Waals surface area (Å²) in [5.74, 6) is 0.301. The lowest BCUT2D eigenvalue weighted by Gasteiger charge is -2.40. The average molecular weight is 248 g/mol. The van der Waals surface area contributed by atoms with Crippen LogP contribution in [0.1, 0.15) is 51.4 Å². The van der Waals surface area contributed by atoms with Crippen LogP contribution in [0.2, 0.25) is 0 Å². The van der Waals surface area contributed by atoms with Gasteiger partial charge in [0.2, 0.25) is 0 Å². The SMILES string of the molecule is N#C[C@@H]1CC[C@@H](N[C@@H]2CCCC23CCOCC3)C1. The molecule has 3 atom stereocenters. The Morgan fingerprint density at radius 3 is 2.67 bits per heavy atom. The molecular formula is C15H24N2O. The van der Waals surface area contributed by atoms with E-state index in [-0.39, 0.29) is 0 Å². The van der Waals surface area contributed by atoms with Gasteiger partial charge in [0.1, 0.15) is 0 Å². The third kappa shape index (κ3) is 2.29. The van der Waals surface area contributed by atoms with Crippen molar-refractivity contribution in [1.29, 1.82) is 5.26 Å². The molecule has 100 valence electrons. The molecule has 1 spiro atoms. The molecule has 1 heterocycles. The Hall–Kier alpha value is -0.590. The summed E-state index contributed by atoms with van der Waals surface area (Å²) in [4.78, 5) is 0. The zero-order valence-corrected chi connectivity index (χ0v) is 11.2. The molecule has 0 bridgehead atoms. The van der Waals surface area contributed by atoms with Gasteiger partial charge in [-0.3, -0.25) is 0 Å². The molecule has 0 unspecified atom stereocenters. The molecule has 3 nitrogen and oxygen atoms in total. The summed E-state index contributed by atoms with van der Waals surface area (Å²) in [6, 6.07) is 3.71. The van der Waals surface area contributed by atoms with Gasteiger partial charge in [-0.2, -0.15) is 5.26 Å². The summed E-state index contributed by atoms with van der Waals surface area (Å²) in [6.07, 6.45) is 9.90. The lowest BCUT2D eigenvalue weighted by Crippen LogP contribution is -2.48. The molecule has 18 heavy (non-hydrogen) atoms. The van der Waals surface area contributed by atoms with E-state index in [0.717, 1.165) is 26.1 Å². The van der Waals surface area contributed by atoms with Gasteiger partial charge in [0.05, 0.1) is 6.07 Å². The van der Waals surface area contributed by atoms with Crippen LogP contribution in [0.15, 0.2) is 0 Å². The summed E-state index contributed by atoms with van der Waals surface area (Å²) in [6.45, 7) is 1.90. The van der Waals surface area contributed by atoms with Crippen LogP contribution in [0.4, 0.5) is 0 Å². The Kier molecular flexibility index (Phi) is 3.59. The fourth-order valence-electron chi connectivity index (χ4n) is 4.31. The predicted molar refractivity (Wildman–Crippen MR) is 70.0 cm³/mol. The number of nitrogens with zero attached hydrogens (tertiary/aromatic N) is 1. The van der Waals surface area contributed by atoms with Gasteiger partial charge in [0, 0.05) is 31.2 Å². The van der Waals surface area contributed by atoms with Crippen molar-refractivity contribution in [2.45, 2.75) is 63.5 Å². The van der Waals surface area contributed by atoms with Crippen molar-refractivity contribution in [1.82, 2.24) is 5.32 Å². The zero-order chi connectivity index (χ0) is 12.4. The molecule has 0 aromatic rings. The first-order valence-electron chi connectivity index (χ1n) is 7.56. The first-order chi connectivity index (χ1) is 8.82. The van der Waals surface area contributed by atoms with Gasteiger partial charge in [-0.25, -0.2) is 0 Å². The fourth-order valence-corrected chi connectivity index (χ4v) is 4.31. The lowest BCUT2D eigenvalue weighted by molar-refractivity contribution is 0.00256. The van der Waals surface area contributed by atoms with Crippen LogP contribution in [-0.4, -0.2) is 25.3 Å². The van der Waals surface area contributed by atoms with E-state index < -0.39 is 0 Å². The summed E-state index contributed by atoms with van der Waals surface area (Å²) < 4.78 is 5.54. The maximum absolute atomic E-state index is 8.99. The number of ether oxygens (including phenoxy) is 1. The van der Waals surface area contributed by atoms with Gasteiger partial charge in [-0.05, 0) is 50.4 Å². The summed E-state index contributed by atoms with van der Waals surface area (Å²) in [5.41, 5.74) is 0.517. The van der Waals surface area contributed by atoms with Gasteiger partial charge in [0.15, 0.2) is 0 Å². The molecule has 3 heteroatoms. The highest BCUT2D eigenvalue weighted by Gasteiger charge is 2.44. The van der Waals surface area contributed by atoms with Crippen LogP contribution < -0.4 is 5.32 Å². The minimum atomic E-state index is 0.301. The molecule has 1 aliphatic heterocycles. The molecule has 1 N–H and O–H groups in total. The van der Waals surface area contributed by atoms with Gasteiger partial charge in [0.25, 0.3) is 0 Å². The Morgan fingerprint density at radius 1 is 1.11 bits per heavy atom. The van der Waals surface area contributed by atoms with E-state index in [1.165, 1.54) is 38.5 Å². The molecule has 3 fully saturated rings. The average Bonchev–Trinajstić information content (AvgIpc) is 3.00. The van der Waals surface area contributed by atoms with Crippen molar-refractivity contribution in [3.8, 4) is 6.07 Å². The lowest BCUT2D eigenvalue weighted by atomic mass is 9.75. The maximum Gasteiger partial charge on any atom is 0.0656 e. The molecule has 0 amide bonds. The Labute approximate surface area is 110 Å². The third-order valence-corrected chi connectivity index (χ3v) is 5.45. The number of nitriles is 1. The maximum atomic E-state index is 8.99. The largest absolute Gasteiger partial charge is 0.381 e. The highest BCUT2D eigenvalue weighted by Crippen LogP contribution is 2.46. The Balaban J connectivity index is 1.60. The van der Waals surface area contributed by atoms with Gasteiger partial charge in [-0.15, -0.1) is 0 Å². The summed E-state index contributed by atoms with van der Waals surface area (Å²) >= 11 is 0. The van der Waals surface area contributed by atoms with Crippen LogP contribution in [0, 0.1) is 22.7 Å². The van der Waals surface area contributed by atoms with E-state index in [1.54, 1.807) is 0 Å². The molecule has 0 radical (unpaired) electrons. The standard InChI is InChI=1S/C15H24N2O/c16-11-12-3-4-13(10-12)17-14-2-1-5-15(14)6-8-18-9-7-15/h12-14,17H,1-10H2/t12-,13-,14-/m1/s1. The van der Waals surface area contributed by atoms with Crippen molar-refractivity contribution in [2.24, 2.45) is 11.3 Å². The quantitative estimate of drug-likeness (QED) is 0.817. The second kappa shape index (κ2) is 5.19. The predicted octanol–water partition coefficient (Wildman–Crippen LogP) is 2.62. The zero-order valence-electron chi connectivity index (χ0n) is 11.2. The number of nitrogens with one attached hydrogen (secondary N) is 1. The molecule has 2 aliphatic carbocycles. The second-order valence-corrected chi connectivity index (χ2v) is 6.42. The summed E-state index contributed by atoms with van der Waals surface area (Å²) in [7, 11) is 0. The molecule has 1 saturated heterocycles. The van der Waals surface area contributed by atoms with Crippen molar-refractivity contribution < 1.29 is 4.74 Å². The van der Waals surface area contributed by atoms with Crippen LogP contribution in [0.25, 0.3) is 0 Å². The van der Waals surface area contributed by atoms with Crippen LogP contribution in [0.3, 0.4) is 0 Å². The van der Waals surface area contributed by atoms with Crippen LogP contribution >= 0.6 is 0 Å². The minimum Gasteiger partial charge on any atom is -0.381 e. The number of hydrogen-bond acceptors (Lipinski definition) is 3.